The van der Waals surface area contributed by atoms with Crippen LogP contribution in [0.25, 0.3) is 66.4 Å². The Labute approximate surface area is 347 Å². The van der Waals surface area contributed by atoms with Crippen LogP contribution in [0.2, 0.25) is 0 Å². The summed E-state index contributed by atoms with van der Waals surface area (Å²) in [4.78, 5) is 2.42. The van der Waals surface area contributed by atoms with Gasteiger partial charge in [0.2, 0.25) is 0 Å². The molecule has 0 N–H and O–H groups in total. The van der Waals surface area contributed by atoms with Crippen LogP contribution in [-0.2, 0) is 10.8 Å². The second-order valence-electron chi connectivity index (χ2n) is 17.3. The number of hydrogen-bond donors (Lipinski definition) is 0. The summed E-state index contributed by atoms with van der Waals surface area (Å²) >= 11 is 0. The van der Waals surface area contributed by atoms with Crippen molar-refractivity contribution < 1.29 is 0 Å². The highest BCUT2D eigenvalue weighted by Gasteiger charge is 2.37. The number of rotatable bonds is 6. The van der Waals surface area contributed by atoms with E-state index >= 15 is 0 Å². The molecule has 0 bridgehead atoms. The van der Waals surface area contributed by atoms with Gasteiger partial charge in [0.1, 0.15) is 0 Å². The van der Waals surface area contributed by atoms with Crippen LogP contribution in [0.4, 0.5) is 17.1 Å². The molecule has 9 aromatic rings. The minimum atomic E-state index is -0.101. The first-order valence-electron chi connectivity index (χ1n) is 20.8. The van der Waals surface area contributed by atoms with Gasteiger partial charge in [0.05, 0.1) is 0 Å². The Balaban J connectivity index is 1.04. The quantitative estimate of drug-likeness (QED) is 0.163. The van der Waals surface area contributed by atoms with Crippen LogP contribution in [0.5, 0.6) is 0 Å². The van der Waals surface area contributed by atoms with Crippen LogP contribution in [0.1, 0.15) is 49.9 Å². The fourth-order valence-electron chi connectivity index (χ4n) is 10.2. The van der Waals surface area contributed by atoms with Gasteiger partial charge in [-0.15, -0.1) is 0 Å². The lowest BCUT2D eigenvalue weighted by Gasteiger charge is -2.28. The standard InChI is InChI=1S/C58H45N/c1-57(2)52-20-12-10-18-48(52)50-34-27-42(36-54(50)57)56-46-17-9-8-16-40(46)26-33-47(56)41-24-30-44(31-25-41)59(43-28-22-39(23-29-43)38-14-6-5-7-15-38)45-32-35-51-49-19-11-13-21-53(49)58(3,4)55(51)37-45/h5-37H,1-4H3. The zero-order valence-electron chi connectivity index (χ0n) is 34.0. The van der Waals surface area contributed by atoms with Gasteiger partial charge in [-0.05, 0) is 131 Å². The molecule has 0 spiro atoms. The SMILES string of the molecule is CC1(C)c2ccccc2-c2ccc(-c3c(-c4ccc(N(c5ccc(-c6ccccc6)cc5)c5ccc6c(c5)C(C)(C)c5ccccc5-6)cc4)ccc4ccccc34)cc21. The molecule has 0 aromatic heterocycles. The summed E-state index contributed by atoms with van der Waals surface area (Å²) in [6.45, 7) is 9.45. The summed E-state index contributed by atoms with van der Waals surface area (Å²) in [5.74, 6) is 0. The van der Waals surface area contributed by atoms with E-state index in [0.29, 0.717) is 0 Å². The third-order valence-electron chi connectivity index (χ3n) is 13.3. The van der Waals surface area contributed by atoms with E-state index in [2.05, 4.69) is 233 Å². The molecule has 0 atom stereocenters. The molecule has 1 heteroatoms. The molecule has 282 valence electrons. The van der Waals surface area contributed by atoms with Crippen molar-refractivity contribution in [2.45, 2.75) is 38.5 Å². The first-order chi connectivity index (χ1) is 28.8. The van der Waals surface area contributed by atoms with Gasteiger partial charge in [0, 0.05) is 27.9 Å². The highest BCUT2D eigenvalue weighted by atomic mass is 15.1. The van der Waals surface area contributed by atoms with E-state index in [-0.39, 0.29) is 10.8 Å². The van der Waals surface area contributed by atoms with Gasteiger partial charge in [-0.25, -0.2) is 0 Å². The lowest BCUT2D eigenvalue weighted by molar-refractivity contribution is 0.660. The molecule has 0 fully saturated rings. The third kappa shape index (κ3) is 5.53. The van der Waals surface area contributed by atoms with Crippen LogP contribution in [0.3, 0.4) is 0 Å². The van der Waals surface area contributed by atoms with Crippen molar-refractivity contribution in [2.24, 2.45) is 0 Å². The first-order valence-corrected chi connectivity index (χ1v) is 20.8. The molecular formula is C58H45N. The summed E-state index contributed by atoms with van der Waals surface area (Å²) in [5.41, 5.74) is 21.5. The van der Waals surface area contributed by atoms with E-state index < -0.39 is 0 Å². The highest BCUT2D eigenvalue weighted by molar-refractivity contribution is 6.05. The van der Waals surface area contributed by atoms with E-state index in [9.17, 15) is 0 Å². The fraction of sp³-hybridized carbons (Fsp3) is 0.103. The van der Waals surface area contributed by atoms with Crippen molar-refractivity contribution in [3.05, 3.63) is 222 Å². The molecular weight excluding hydrogens is 711 g/mol. The molecule has 2 aliphatic carbocycles. The monoisotopic (exact) mass is 755 g/mol. The normalized spacial score (nSPS) is 14.0. The maximum absolute atomic E-state index is 2.46. The maximum Gasteiger partial charge on any atom is 0.0465 e. The first kappa shape index (κ1) is 35.2. The van der Waals surface area contributed by atoms with Gasteiger partial charge in [0.25, 0.3) is 0 Å². The Hall–Kier alpha value is -6.96. The summed E-state index contributed by atoms with van der Waals surface area (Å²) in [6.07, 6.45) is 0. The Morgan fingerprint density at radius 3 is 1.42 bits per heavy atom. The Morgan fingerprint density at radius 2 is 0.763 bits per heavy atom. The van der Waals surface area contributed by atoms with Crippen LogP contribution in [0.15, 0.2) is 200 Å². The number of fused-ring (bicyclic) bond motifs is 7. The summed E-state index contributed by atoms with van der Waals surface area (Å²) in [7, 11) is 0. The van der Waals surface area contributed by atoms with Gasteiger partial charge in [-0.3, -0.25) is 0 Å². The second kappa shape index (κ2) is 13.3. The molecule has 0 heterocycles. The summed E-state index contributed by atoms with van der Waals surface area (Å²) < 4.78 is 0. The van der Waals surface area contributed by atoms with Crippen molar-refractivity contribution in [1.82, 2.24) is 0 Å². The van der Waals surface area contributed by atoms with Crippen LogP contribution < -0.4 is 4.90 Å². The van der Waals surface area contributed by atoms with Crippen molar-refractivity contribution in [1.29, 1.82) is 0 Å². The van der Waals surface area contributed by atoms with Crippen LogP contribution >= 0.6 is 0 Å². The molecule has 1 nitrogen and oxygen atoms in total. The lowest BCUT2D eigenvalue weighted by atomic mass is 9.81. The van der Waals surface area contributed by atoms with E-state index in [1.54, 1.807) is 0 Å². The molecule has 0 radical (unpaired) electrons. The molecule has 11 rings (SSSR count). The fourth-order valence-corrected chi connectivity index (χ4v) is 10.2. The smallest absolute Gasteiger partial charge is 0.0465 e. The predicted octanol–water partition coefficient (Wildman–Crippen LogP) is 15.9. The highest BCUT2D eigenvalue weighted by Crippen LogP contribution is 2.52. The van der Waals surface area contributed by atoms with Crippen LogP contribution in [0, 0.1) is 0 Å². The second-order valence-corrected chi connectivity index (χ2v) is 17.3. The van der Waals surface area contributed by atoms with Crippen molar-refractivity contribution >= 4 is 27.8 Å². The van der Waals surface area contributed by atoms with Crippen molar-refractivity contribution in [3.63, 3.8) is 0 Å². The van der Waals surface area contributed by atoms with E-state index in [0.717, 1.165) is 17.1 Å². The van der Waals surface area contributed by atoms with Gasteiger partial charge >= 0.3 is 0 Å². The maximum atomic E-state index is 2.46. The summed E-state index contributed by atoms with van der Waals surface area (Å²) in [6, 6.07) is 74.3. The molecule has 0 amide bonds. The molecule has 59 heavy (non-hydrogen) atoms. The van der Waals surface area contributed by atoms with E-state index in [4.69, 9.17) is 0 Å². The van der Waals surface area contributed by atoms with Gasteiger partial charge in [0.15, 0.2) is 0 Å². The van der Waals surface area contributed by atoms with E-state index in [1.165, 1.54) is 88.7 Å². The van der Waals surface area contributed by atoms with Gasteiger partial charge in [-0.2, -0.15) is 0 Å². The molecule has 0 aliphatic heterocycles. The van der Waals surface area contributed by atoms with Crippen molar-refractivity contribution in [3.8, 4) is 55.6 Å². The Morgan fingerprint density at radius 1 is 0.305 bits per heavy atom. The number of hydrogen-bond acceptors (Lipinski definition) is 1. The zero-order valence-corrected chi connectivity index (χ0v) is 34.0. The number of benzene rings is 9. The average Bonchev–Trinajstić information content (AvgIpc) is 3.66. The minimum Gasteiger partial charge on any atom is -0.310 e. The molecule has 0 unspecified atom stereocenters. The van der Waals surface area contributed by atoms with Gasteiger partial charge in [-0.1, -0.05) is 185 Å². The van der Waals surface area contributed by atoms with Gasteiger partial charge < -0.3 is 4.90 Å². The molecule has 9 aromatic carbocycles. The number of nitrogens with zero attached hydrogens (tertiary/aromatic N) is 1. The Kier molecular flexibility index (Phi) is 7.94. The lowest BCUT2D eigenvalue weighted by Crippen LogP contribution is -2.16. The average molecular weight is 756 g/mol. The van der Waals surface area contributed by atoms with E-state index in [1.807, 2.05) is 0 Å². The molecule has 0 saturated carbocycles. The molecule has 0 saturated heterocycles. The zero-order chi connectivity index (χ0) is 39.9. The topological polar surface area (TPSA) is 3.24 Å². The largest absolute Gasteiger partial charge is 0.310 e. The number of anilines is 3. The minimum absolute atomic E-state index is 0.0767. The van der Waals surface area contributed by atoms with Crippen molar-refractivity contribution in [2.75, 3.05) is 4.90 Å². The molecule has 2 aliphatic rings. The Bertz CT molecular complexity index is 3080. The van der Waals surface area contributed by atoms with Crippen LogP contribution in [-0.4, -0.2) is 0 Å². The third-order valence-corrected chi connectivity index (χ3v) is 13.3. The summed E-state index contributed by atoms with van der Waals surface area (Å²) in [5, 5.41) is 2.52. The predicted molar refractivity (Wildman–Crippen MR) is 250 cm³/mol.